The van der Waals surface area contributed by atoms with Gasteiger partial charge in [0.15, 0.2) is 50.3 Å². The molecule has 41 heteroatoms. The molecule has 8 saturated heterocycles. The van der Waals surface area contributed by atoms with Crippen LogP contribution in [-0.4, -0.2) is 433 Å². The number of hydrogen-bond donors (Lipinski definition) is 25. The Labute approximate surface area is 520 Å². The zero-order valence-corrected chi connectivity index (χ0v) is 48.5. The number of aliphatic hydroxyl groups excluding tert-OH is 25. The van der Waals surface area contributed by atoms with Crippen molar-refractivity contribution in [2.75, 3.05) is 59.5 Å². The molecule has 8 aliphatic rings. The fourth-order valence-corrected chi connectivity index (χ4v) is 11.5. The first-order chi connectivity index (χ1) is 43.7. The van der Waals surface area contributed by atoms with Gasteiger partial charge in [0.2, 0.25) is 0 Å². The molecule has 40 atom stereocenters. The second-order valence-electron chi connectivity index (χ2n) is 23.1. The van der Waals surface area contributed by atoms with E-state index in [9.17, 15) is 128 Å². The lowest BCUT2D eigenvalue weighted by Gasteiger charge is -2.49. The second kappa shape index (κ2) is 33.3. The third kappa shape index (κ3) is 16.0. The Balaban J connectivity index is 1.09. The predicted octanol–water partition coefficient (Wildman–Crippen LogP) is -17.2. The minimum atomic E-state index is -2.37. The standard InChI is InChI=1S/C51H86O41/c1-2-3-77-44-37(75)39(88-50-42(32(70)24(62)16(8-56)84-50)91-47-35(73)29(67)21(59)13(5-53)81-47)26(64)18(86-44)10-78-45-38(76)40(89-51-43(33(71)25(63)17(9-57)85-51)92-48-36(74)30(68)22(60)14(6-54)82-48)27(65)19(87-45)11-79-49-41(31(69)23(61)15(7-55)83-49)90-46-34(72)28(66)20(58)12(4-52)80-46/h2,12-76H,1,3-11H2/t12-,13-,14-,15-,16-,17-,18-,19-,20-,21-,22-,23-,24-,25-,26-,27-,28+,29+,30+,31+,32+,33+,34+,35+,36+,37+,38+,39+,40+,41+,42+,43+,44+,45+,46-,47-,48-,49+,50-,51-/m1/s1. The largest absolute Gasteiger partial charge is 0.394 e. The van der Waals surface area contributed by atoms with Crippen molar-refractivity contribution in [3.63, 3.8) is 0 Å². The van der Waals surface area contributed by atoms with Gasteiger partial charge in [-0.2, -0.15) is 0 Å². The first kappa shape index (κ1) is 75.9. The normalized spacial score (nSPS) is 52.2. The van der Waals surface area contributed by atoms with Gasteiger partial charge in [0, 0.05) is 0 Å². The molecule has 8 heterocycles. The Morgan fingerprint density at radius 1 is 0.228 bits per heavy atom. The van der Waals surface area contributed by atoms with Crippen LogP contribution in [0.2, 0.25) is 0 Å². The quantitative estimate of drug-likeness (QED) is 0.0377. The molecule has 0 aromatic heterocycles. The molecule has 0 aromatic carbocycles. The van der Waals surface area contributed by atoms with Crippen LogP contribution in [0.1, 0.15) is 0 Å². The minimum Gasteiger partial charge on any atom is -0.394 e. The summed E-state index contributed by atoms with van der Waals surface area (Å²) in [5.74, 6) is 0. The van der Waals surface area contributed by atoms with Crippen molar-refractivity contribution in [1.82, 2.24) is 0 Å². The van der Waals surface area contributed by atoms with Crippen LogP contribution in [-0.2, 0) is 75.8 Å². The SMILES string of the molecule is C=CCO[C@H]1O[C@H](CO[C@H]2O[C@H](CO[C@H]3O[C@H](CO)[C@@H](O)[C@H](O)[C@@H]3O[C@H]3O[C@H](CO)[C@@H](O)[C@H](O)[C@@H]3O)[C@@H](O)[C@H](O[C@H]3O[C@H](CO)[C@@H](O)[C@H](O)[C@@H]3O[C@H]3O[C@H](CO)[C@@H](O)[C@H](O)[C@@H]3O)[C@@H]2O)[C@@H](O)[C@H](O[C@H]2O[C@H](CO)[C@@H](O)[C@H](O)[C@@H]2O[C@H]2O[C@H](CO)[C@@H](O)[C@H](O)[C@@H]2O)[C@@H]1O. The van der Waals surface area contributed by atoms with Gasteiger partial charge in [0.05, 0.1) is 59.5 Å². The van der Waals surface area contributed by atoms with Gasteiger partial charge in [-0.25, -0.2) is 0 Å². The molecule has 25 N–H and O–H groups in total. The van der Waals surface area contributed by atoms with Crippen LogP contribution in [0.25, 0.3) is 0 Å². The topological polar surface area (TPSA) is 653 Å². The van der Waals surface area contributed by atoms with E-state index < -0.39 is 299 Å². The van der Waals surface area contributed by atoms with Crippen molar-refractivity contribution in [3.05, 3.63) is 12.7 Å². The van der Waals surface area contributed by atoms with Crippen molar-refractivity contribution in [2.45, 2.75) is 246 Å². The van der Waals surface area contributed by atoms with Gasteiger partial charge in [-0.15, -0.1) is 6.58 Å². The molecule has 0 bridgehead atoms. The van der Waals surface area contributed by atoms with Gasteiger partial charge >= 0.3 is 0 Å². The molecule has 536 valence electrons. The van der Waals surface area contributed by atoms with Crippen LogP contribution in [0.3, 0.4) is 0 Å². The van der Waals surface area contributed by atoms with Gasteiger partial charge in [-0.1, -0.05) is 6.08 Å². The van der Waals surface area contributed by atoms with Gasteiger partial charge in [0.25, 0.3) is 0 Å². The van der Waals surface area contributed by atoms with Gasteiger partial charge < -0.3 is 203 Å². The zero-order valence-electron chi connectivity index (χ0n) is 48.5. The molecule has 0 amide bonds. The molecule has 0 aliphatic carbocycles. The Hall–Kier alpha value is -1.90. The zero-order chi connectivity index (χ0) is 67.5. The summed E-state index contributed by atoms with van der Waals surface area (Å²) in [6.07, 6.45) is -79.5. The lowest BCUT2D eigenvalue weighted by Crippen LogP contribution is -2.68. The Kier molecular flexibility index (Phi) is 27.5. The highest BCUT2D eigenvalue weighted by Crippen LogP contribution is 2.38. The number of ether oxygens (including phenoxy) is 16. The molecule has 0 spiro atoms. The van der Waals surface area contributed by atoms with Crippen molar-refractivity contribution >= 4 is 0 Å². The van der Waals surface area contributed by atoms with E-state index >= 15 is 0 Å². The molecule has 0 radical (unpaired) electrons. The smallest absolute Gasteiger partial charge is 0.187 e. The average molecular weight is 1360 g/mol. The Morgan fingerprint density at radius 2 is 0.467 bits per heavy atom. The van der Waals surface area contributed by atoms with Crippen LogP contribution in [0.4, 0.5) is 0 Å². The minimum absolute atomic E-state index is 0.386. The summed E-state index contributed by atoms with van der Waals surface area (Å²) in [5.41, 5.74) is 0. The van der Waals surface area contributed by atoms with Crippen molar-refractivity contribution in [1.29, 1.82) is 0 Å². The first-order valence-corrected chi connectivity index (χ1v) is 29.3. The van der Waals surface area contributed by atoms with E-state index in [4.69, 9.17) is 75.8 Å². The third-order valence-corrected chi connectivity index (χ3v) is 17.0. The second-order valence-corrected chi connectivity index (χ2v) is 23.1. The number of hydrogen-bond acceptors (Lipinski definition) is 41. The highest BCUT2D eigenvalue weighted by molar-refractivity contribution is 5.01. The molecule has 8 rings (SSSR count). The fourth-order valence-electron chi connectivity index (χ4n) is 11.5. The van der Waals surface area contributed by atoms with E-state index in [2.05, 4.69) is 6.58 Å². The monoisotopic (exact) mass is 1350 g/mol. The van der Waals surface area contributed by atoms with Crippen LogP contribution in [0, 0.1) is 0 Å². The van der Waals surface area contributed by atoms with Gasteiger partial charge in [0.1, 0.15) is 195 Å². The number of rotatable bonds is 25. The maximum Gasteiger partial charge on any atom is 0.187 e. The van der Waals surface area contributed by atoms with Gasteiger partial charge in [-0.3, -0.25) is 0 Å². The molecule has 0 saturated carbocycles. The average Bonchev–Trinajstić information content (AvgIpc) is 0.957. The lowest BCUT2D eigenvalue weighted by atomic mass is 9.95. The predicted molar refractivity (Wildman–Crippen MR) is 278 cm³/mol. The summed E-state index contributed by atoms with van der Waals surface area (Å²) in [6.45, 7) is -4.87. The molecule has 41 nitrogen and oxygen atoms in total. The third-order valence-electron chi connectivity index (χ3n) is 17.0. The summed E-state index contributed by atoms with van der Waals surface area (Å²) in [7, 11) is 0. The van der Waals surface area contributed by atoms with Gasteiger partial charge in [-0.05, 0) is 0 Å². The molecular formula is C51H86O41. The summed E-state index contributed by atoms with van der Waals surface area (Å²) in [4.78, 5) is 0. The van der Waals surface area contributed by atoms with Crippen LogP contribution in [0.15, 0.2) is 12.7 Å². The fraction of sp³-hybridized carbons (Fsp3) is 0.961. The maximum absolute atomic E-state index is 12.2. The maximum atomic E-state index is 12.2. The summed E-state index contributed by atoms with van der Waals surface area (Å²) in [6, 6.07) is 0. The lowest BCUT2D eigenvalue weighted by molar-refractivity contribution is -0.397. The van der Waals surface area contributed by atoms with E-state index in [1.807, 2.05) is 0 Å². The Bertz CT molecular complexity index is 2220. The Morgan fingerprint density at radius 3 is 0.772 bits per heavy atom. The van der Waals surface area contributed by atoms with Crippen LogP contribution >= 0.6 is 0 Å². The molecule has 0 aromatic rings. The van der Waals surface area contributed by atoms with E-state index in [0.717, 1.165) is 0 Å². The van der Waals surface area contributed by atoms with E-state index in [-0.39, 0.29) is 6.61 Å². The number of aliphatic hydroxyl groups is 25. The molecule has 8 fully saturated rings. The summed E-state index contributed by atoms with van der Waals surface area (Å²) >= 11 is 0. The van der Waals surface area contributed by atoms with E-state index in [0.29, 0.717) is 0 Å². The summed E-state index contributed by atoms with van der Waals surface area (Å²) < 4.78 is 92.1. The highest BCUT2D eigenvalue weighted by Gasteiger charge is 2.59. The van der Waals surface area contributed by atoms with Crippen LogP contribution in [0.5, 0.6) is 0 Å². The van der Waals surface area contributed by atoms with E-state index in [1.165, 1.54) is 6.08 Å². The molecule has 92 heavy (non-hydrogen) atoms. The summed E-state index contributed by atoms with van der Waals surface area (Å²) in [5, 5.41) is 270. The first-order valence-electron chi connectivity index (χ1n) is 29.3. The van der Waals surface area contributed by atoms with Crippen molar-refractivity contribution in [2.24, 2.45) is 0 Å². The van der Waals surface area contributed by atoms with E-state index in [1.54, 1.807) is 0 Å². The molecule has 8 aliphatic heterocycles. The molecule has 0 unspecified atom stereocenters. The van der Waals surface area contributed by atoms with Crippen molar-refractivity contribution < 1.29 is 203 Å². The van der Waals surface area contributed by atoms with Crippen molar-refractivity contribution in [3.8, 4) is 0 Å². The van der Waals surface area contributed by atoms with Crippen LogP contribution < -0.4 is 0 Å². The molecular weight excluding hydrogens is 1270 g/mol. The highest BCUT2D eigenvalue weighted by atomic mass is 16.8.